The second kappa shape index (κ2) is 8.46. The van der Waals surface area contributed by atoms with Crippen LogP contribution in [0.1, 0.15) is 39.8 Å². The van der Waals surface area contributed by atoms with Crippen LogP contribution in [0.2, 0.25) is 0 Å². The summed E-state index contributed by atoms with van der Waals surface area (Å²) < 4.78 is 41.5. The molecule has 0 unspecified atom stereocenters. The average Bonchev–Trinajstić information content (AvgIpc) is 3.40. The fourth-order valence-corrected chi connectivity index (χ4v) is 6.06. The molecule has 1 aliphatic rings. The predicted octanol–water partition coefficient (Wildman–Crippen LogP) is 3.19. The lowest BCUT2D eigenvalue weighted by molar-refractivity contribution is -0.141. The Labute approximate surface area is 186 Å². The van der Waals surface area contributed by atoms with Crippen LogP contribution in [-0.4, -0.2) is 50.0 Å². The van der Waals surface area contributed by atoms with Crippen molar-refractivity contribution in [3.05, 3.63) is 53.0 Å². The summed E-state index contributed by atoms with van der Waals surface area (Å²) in [7, 11) is -1.48. The van der Waals surface area contributed by atoms with E-state index in [0.29, 0.717) is 34.6 Å². The van der Waals surface area contributed by atoms with E-state index in [1.807, 2.05) is 17.6 Å². The lowest BCUT2D eigenvalue weighted by Crippen LogP contribution is -2.17. The number of aromatic nitrogens is 1. The average molecular weight is 460 g/mol. The number of methoxy groups -OCH3 is 1. The van der Waals surface area contributed by atoms with E-state index in [4.69, 9.17) is 13.9 Å². The molecule has 3 aromatic rings. The Morgan fingerprint density at radius 1 is 1.22 bits per heavy atom. The lowest BCUT2D eigenvalue weighted by Gasteiger charge is -2.16. The van der Waals surface area contributed by atoms with Gasteiger partial charge in [0.2, 0.25) is 5.78 Å². The third-order valence-electron chi connectivity index (χ3n) is 5.92. The van der Waals surface area contributed by atoms with Gasteiger partial charge in [0.15, 0.2) is 16.4 Å². The third kappa shape index (κ3) is 4.29. The number of hydrogen-bond acceptors (Lipinski definition) is 7. The quantitative estimate of drug-likeness (QED) is 0.395. The van der Waals surface area contributed by atoms with E-state index in [1.54, 1.807) is 32.2 Å². The molecule has 4 rings (SSSR count). The number of nitrogens with zero attached hydrogens (tertiary/aromatic N) is 1. The van der Waals surface area contributed by atoms with E-state index in [1.165, 1.54) is 6.26 Å². The Morgan fingerprint density at radius 2 is 2.00 bits per heavy atom. The van der Waals surface area contributed by atoms with Crippen molar-refractivity contribution in [1.29, 1.82) is 0 Å². The predicted molar refractivity (Wildman–Crippen MR) is 118 cm³/mol. The van der Waals surface area contributed by atoms with Crippen LogP contribution in [0.5, 0.6) is 5.75 Å². The number of hydrogen-bond donors (Lipinski definition) is 0. The number of furan rings is 1. The summed E-state index contributed by atoms with van der Waals surface area (Å²) in [4.78, 5) is 25.1. The van der Waals surface area contributed by atoms with Gasteiger partial charge in [-0.1, -0.05) is 0 Å². The molecule has 0 spiro atoms. The van der Waals surface area contributed by atoms with Gasteiger partial charge in [0, 0.05) is 40.0 Å². The van der Waals surface area contributed by atoms with Gasteiger partial charge in [-0.05, 0) is 38.5 Å². The Bertz CT molecular complexity index is 1300. The number of Topliss-reactive ketones (excluding diaryl/α,β-unsaturated/α-hetero) is 1. The van der Waals surface area contributed by atoms with Crippen LogP contribution in [0.4, 0.5) is 0 Å². The number of rotatable bonds is 7. The summed E-state index contributed by atoms with van der Waals surface area (Å²) in [5.74, 6) is 0.0361. The molecule has 1 aromatic carbocycles. The molecule has 170 valence electrons. The molecular weight excluding hydrogens is 434 g/mol. The Balaban J connectivity index is 1.41. The smallest absolute Gasteiger partial charge is 0.310 e. The highest BCUT2D eigenvalue weighted by Crippen LogP contribution is 2.29. The number of esters is 1. The molecule has 1 aliphatic heterocycles. The Kier molecular flexibility index (Phi) is 5.85. The van der Waals surface area contributed by atoms with Crippen LogP contribution >= 0.6 is 0 Å². The SMILES string of the molecule is COc1ccc2c(CC(=O)OCC(=O)c3cc(C)n([C@@H]4CCS(=O)(=O)C4)c3C)coc2c1. The number of fused-ring (bicyclic) bond motifs is 1. The van der Waals surface area contributed by atoms with Crippen molar-refractivity contribution < 1.29 is 31.9 Å². The molecule has 1 fully saturated rings. The summed E-state index contributed by atoms with van der Waals surface area (Å²) in [6.07, 6.45) is 2.01. The first-order chi connectivity index (χ1) is 15.2. The normalized spacial score (nSPS) is 17.5. The van der Waals surface area contributed by atoms with E-state index >= 15 is 0 Å². The molecule has 1 atom stereocenters. The second-order valence-electron chi connectivity index (χ2n) is 8.10. The van der Waals surface area contributed by atoms with Crippen molar-refractivity contribution in [1.82, 2.24) is 4.57 Å². The highest BCUT2D eigenvalue weighted by atomic mass is 32.2. The van der Waals surface area contributed by atoms with Crippen molar-refractivity contribution >= 4 is 32.6 Å². The summed E-state index contributed by atoms with van der Waals surface area (Å²) in [5, 5.41) is 0.782. The number of sulfone groups is 1. The highest BCUT2D eigenvalue weighted by molar-refractivity contribution is 7.91. The van der Waals surface area contributed by atoms with Gasteiger partial charge in [-0.15, -0.1) is 0 Å². The first-order valence-electron chi connectivity index (χ1n) is 10.3. The zero-order valence-corrected chi connectivity index (χ0v) is 19.0. The summed E-state index contributed by atoms with van der Waals surface area (Å²) in [5.41, 5.74) is 3.23. The van der Waals surface area contributed by atoms with Gasteiger partial charge in [0.05, 0.1) is 31.3 Å². The van der Waals surface area contributed by atoms with Crippen LogP contribution in [-0.2, 0) is 25.8 Å². The minimum atomic E-state index is -3.04. The standard InChI is InChI=1S/C23H25NO7S/c1-14-8-20(15(2)24(14)17-6-7-32(27,28)13-17)21(25)12-31-23(26)9-16-11-30-22-10-18(29-3)4-5-19(16)22/h4-5,8,10-11,17H,6-7,9,12-13H2,1-3H3/t17-/m1/s1. The molecule has 3 heterocycles. The molecule has 0 bridgehead atoms. The van der Waals surface area contributed by atoms with Crippen LogP contribution in [0.3, 0.4) is 0 Å². The fraction of sp³-hybridized carbons (Fsp3) is 0.391. The van der Waals surface area contributed by atoms with Crippen LogP contribution < -0.4 is 4.74 Å². The molecule has 0 N–H and O–H groups in total. The van der Waals surface area contributed by atoms with Gasteiger partial charge < -0.3 is 18.5 Å². The number of ketones is 1. The maximum atomic E-state index is 12.7. The number of carbonyl (C=O) groups is 2. The molecule has 0 saturated carbocycles. The molecule has 0 radical (unpaired) electrons. The van der Waals surface area contributed by atoms with Crippen molar-refractivity contribution in [2.45, 2.75) is 32.7 Å². The van der Waals surface area contributed by atoms with Crippen LogP contribution in [0.25, 0.3) is 11.0 Å². The van der Waals surface area contributed by atoms with E-state index in [2.05, 4.69) is 0 Å². The topological polar surface area (TPSA) is 105 Å². The first kappa shape index (κ1) is 22.1. The van der Waals surface area contributed by atoms with Crippen LogP contribution in [0, 0.1) is 13.8 Å². The number of benzene rings is 1. The van der Waals surface area contributed by atoms with E-state index < -0.39 is 15.8 Å². The monoisotopic (exact) mass is 459 g/mol. The van der Waals surface area contributed by atoms with Crippen LogP contribution in [0.15, 0.2) is 34.9 Å². The molecule has 0 amide bonds. The van der Waals surface area contributed by atoms with Gasteiger partial charge in [-0.25, -0.2) is 8.42 Å². The Hall–Kier alpha value is -3.07. The second-order valence-corrected chi connectivity index (χ2v) is 10.3. The van der Waals surface area contributed by atoms with Crippen molar-refractivity contribution in [3.8, 4) is 5.75 Å². The molecule has 2 aromatic heterocycles. The number of carbonyl (C=O) groups excluding carboxylic acids is 2. The maximum Gasteiger partial charge on any atom is 0.310 e. The molecule has 8 nitrogen and oxygen atoms in total. The minimum absolute atomic E-state index is 0.0223. The summed E-state index contributed by atoms with van der Waals surface area (Å²) in [6, 6.07) is 6.88. The summed E-state index contributed by atoms with van der Waals surface area (Å²) >= 11 is 0. The van der Waals surface area contributed by atoms with Crippen molar-refractivity contribution in [2.24, 2.45) is 0 Å². The van der Waals surface area contributed by atoms with Gasteiger partial charge in [-0.2, -0.15) is 0 Å². The van der Waals surface area contributed by atoms with E-state index in [9.17, 15) is 18.0 Å². The zero-order chi connectivity index (χ0) is 23.0. The maximum absolute atomic E-state index is 12.7. The van der Waals surface area contributed by atoms with E-state index in [-0.39, 0.29) is 36.4 Å². The highest BCUT2D eigenvalue weighted by Gasteiger charge is 2.31. The zero-order valence-electron chi connectivity index (χ0n) is 18.2. The van der Waals surface area contributed by atoms with Gasteiger partial charge >= 0.3 is 5.97 Å². The first-order valence-corrected chi connectivity index (χ1v) is 12.1. The molecule has 0 aliphatic carbocycles. The van der Waals surface area contributed by atoms with E-state index in [0.717, 1.165) is 11.1 Å². The van der Waals surface area contributed by atoms with Gasteiger partial charge in [-0.3, -0.25) is 9.59 Å². The lowest BCUT2D eigenvalue weighted by atomic mass is 10.1. The molecular formula is C23H25NO7S. The van der Waals surface area contributed by atoms with Gasteiger partial charge in [0.1, 0.15) is 11.3 Å². The Morgan fingerprint density at radius 3 is 2.69 bits per heavy atom. The van der Waals surface area contributed by atoms with Crippen molar-refractivity contribution in [2.75, 3.05) is 25.2 Å². The third-order valence-corrected chi connectivity index (χ3v) is 7.67. The molecule has 9 heteroatoms. The number of aryl methyl sites for hydroxylation is 1. The largest absolute Gasteiger partial charge is 0.497 e. The van der Waals surface area contributed by atoms with Crippen molar-refractivity contribution in [3.63, 3.8) is 0 Å². The minimum Gasteiger partial charge on any atom is -0.497 e. The summed E-state index contributed by atoms with van der Waals surface area (Å²) in [6.45, 7) is 3.26. The van der Waals surface area contributed by atoms with Gasteiger partial charge in [0.25, 0.3) is 0 Å². The molecule has 1 saturated heterocycles. The molecule has 32 heavy (non-hydrogen) atoms. The fourth-order valence-electron chi connectivity index (χ4n) is 4.36. The number of ether oxygens (including phenoxy) is 2.